The number of benzene rings is 2. The maximum Gasteiger partial charge on any atom is 0.254 e. The van der Waals surface area contributed by atoms with Gasteiger partial charge in [-0.1, -0.05) is 18.2 Å². The lowest BCUT2D eigenvalue weighted by Crippen LogP contribution is -2.41. The average Bonchev–Trinajstić information content (AvgIpc) is 3.60. The van der Waals surface area contributed by atoms with Crippen molar-refractivity contribution in [1.29, 1.82) is 0 Å². The van der Waals surface area contributed by atoms with Crippen LogP contribution in [0, 0.1) is 5.92 Å². The number of carbonyl (C=O) groups is 2. The molecule has 2 aliphatic heterocycles. The highest BCUT2D eigenvalue weighted by atomic mass is 16.7. The van der Waals surface area contributed by atoms with Crippen LogP contribution in [0.5, 0.6) is 11.5 Å². The number of pyridine rings is 1. The molecule has 0 atom stereocenters. The van der Waals surface area contributed by atoms with Crippen LogP contribution < -0.4 is 14.8 Å². The molecule has 4 heterocycles. The third-order valence-corrected chi connectivity index (χ3v) is 6.51. The lowest BCUT2D eigenvalue weighted by atomic mass is 9.95. The molecule has 0 aliphatic carbocycles. The van der Waals surface area contributed by atoms with Crippen LogP contribution in [0.15, 0.2) is 71.3 Å². The number of rotatable bonds is 4. The Labute approximate surface area is 201 Å². The predicted octanol–water partition coefficient (Wildman–Crippen LogP) is 4.71. The van der Waals surface area contributed by atoms with Gasteiger partial charge in [-0.2, -0.15) is 0 Å². The third-order valence-electron chi connectivity index (χ3n) is 6.51. The van der Waals surface area contributed by atoms with E-state index in [1.54, 1.807) is 36.6 Å². The molecule has 4 aromatic rings. The molecule has 8 nitrogen and oxygen atoms in total. The molecule has 0 radical (unpaired) electrons. The molecular weight excluding hydrogens is 446 g/mol. The summed E-state index contributed by atoms with van der Waals surface area (Å²) in [4.78, 5) is 32.9. The van der Waals surface area contributed by atoms with E-state index in [9.17, 15) is 9.59 Å². The lowest BCUT2D eigenvalue weighted by Gasteiger charge is -2.31. The molecule has 0 bridgehead atoms. The minimum absolute atomic E-state index is 0.0505. The number of carbonyl (C=O) groups excluding carboxylic acids is 2. The number of piperidine rings is 1. The number of ether oxygens (including phenoxy) is 2. The number of hydrogen-bond acceptors (Lipinski definition) is 6. The number of amides is 2. The van der Waals surface area contributed by atoms with Gasteiger partial charge in [-0.15, -0.1) is 0 Å². The fraction of sp³-hybridized carbons (Fsp3) is 0.222. The second-order valence-corrected chi connectivity index (χ2v) is 8.67. The molecule has 8 heteroatoms. The fourth-order valence-corrected chi connectivity index (χ4v) is 4.64. The van der Waals surface area contributed by atoms with Crippen LogP contribution in [0.3, 0.4) is 0 Å². The van der Waals surface area contributed by atoms with Gasteiger partial charge in [-0.3, -0.25) is 9.59 Å². The Kier molecular flexibility index (Phi) is 5.33. The van der Waals surface area contributed by atoms with Crippen LogP contribution in [0.2, 0.25) is 0 Å². The van der Waals surface area contributed by atoms with E-state index in [-0.39, 0.29) is 24.5 Å². The first-order chi connectivity index (χ1) is 17.2. The Morgan fingerprint density at radius 3 is 2.60 bits per heavy atom. The van der Waals surface area contributed by atoms with E-state index in [1.807, 2.05) is 35.2 Å². The van der Waals surface area contributed by atoms with Crippen molar-refractivity contribution in [1.82, 2.24) is 9.88 Å². The number of hydrogen-bond donors (Lipinski definition) is 1. The zero-order chi connectivity index (χ0) is 23.8. The van der Waals surface area contributed by atoms with Gasteiger partial charge in [0.15, 0.2) is 17.3 Å². The molecule has 0 unspecified atom stereocenters. The lowest BCUT2D eigenvalue weighted by molar-refractivity contribution is -0.121. The van der Waals surface area contributed by atoms with E-state index in [0.717, 1.165) is 10.9 Å². The number of likely N-dealkylation sites (tertiary alicyclic amines) is 1. The summed E-state index contributed by atoms with van der Waals surface area (Å²) < 4.78 is 16.2. The Hall–Kier alpha value is -4.33. The monoisotopic (exact) mass is 469 g/mol. The zero-order valence-electron chi connectivity index (χ0n) is 18.9. The Morgan fingerprint density at radius 1 is 0.943 bits per heavy atom. The maximum atomic E-state index is 13.6. The number of aromatic nitrogens is 1. The van der Waals surface area contributed by atoms with E-state index in [4.69, 9.17) is 13.9 Å². The summed E-state index contributed by atoms with van der Waals surface area (Å²) in [6.45, 7) is 1.20. The highest BCUT2D eigenvalue weighted by Crippen LogP contribution is 2.34. The van der Waals surface area contributed by atoms with Crippen molar-refractivity contribution in [2.24, 2.45) is 5.92 Å². The van der Waals surface area contributed by atoms with Crippen LogP contribution in [0.4, 0.5) is 5.69 Å². The van der Waals surface area contributed by atoms with Gasteiger partial charge in [0.2, 0.25) is 12.7 Å². The SMILES string of the molecule is O=C(Nc1ccc2c(c1)OCO2)C1CCN(C(=O)c2cc(-c3ccco3)nc3ccccc23)CC1. The highest BCUT2D eigenvalue weighted by molar-refractivity contribution is 6.07. The van der Waals surface area contributed by atoms with Gasteiger partial charge in [0.05, 0.1) is 17.3 Å². The smallest absolute Gasteiger partial charge is 0.254 e. The van der Waals surface area contributed by atoms with Gasteiger partial charge in [-0.25, -0.2) is 4.98 Å². The zero-order valence-corrected chi connectivity index (χ0v) is 18.9. The number of anilines is 1. The van der Waals surface area contributed by atoms with Crippen molar-refractivity contribution in [3.63, 3.8) is 0 Å². The standard InChI is InChI=1S/C27H23N3O5/c31-26(28-18-7-8-24-25(14-18)35-16-34-24)17-9-11-30(12-10-17)27(32)20-15-22(23-6-3-13-33-23)29-21-5-2-1-4-19(20)21/h1-8,13-15,17H,9-12,16H2,(H,28,31). The van der Waals surface area contributed by atoms with E-state index < -0.39 is 0 Å². The van der Waals surface area contributed by atoms with E-state index in [0.29, 0.717) is 60.1 Å². The predicted molar refractivity (Wildman–Crippen MR) is 129 cm³/mol. The van der Waals surface area contributed by atoms with Crippen LogP contribution >= 0.6 is 0 Å². The summed E-state index contributed by atoms with van der Waals surface area (Å²) in [7, 11) is 0. The topological polar surface area (TPSA) is 93.9 Å². The number of para-hydroxylation sites is 1. The summed E-state index contributed by atoms with van der Waals surface area (Å²) >= 11 is 0. The number of fused-ring (bicyclic) bond motifs is 2. The molecular formula is C27H23N3O5. The summed E-state index contributed by atoms with van der Waals surface area (Å²) in [6.07, 6.45) is 2.78. The number of nitrogens with one attached hydrogen (secondary N) is 1. The van der Waals surface area contributed by atoms with E-state index in [1.165, 1.54) is 0 Å². The van der Waals surface area contributed by atoms with E-state index >= 15 is 0 Å². The van der Waals surface area contributed by atoms with Crippen molar-refractivity contribution >= 4 is 28.4 Å². The largest absolute Gasteiger partial charge is 0.463 e. The van der Waals surface area contributed by atoms with Gasteiger partial charge < -0.3 is 24.1 Å². The van der Waals surface area contributed by atoms with E-state index in [2.05, 4.69) is 10.3 Å². The Balaban J connectivity index is 1.16. The molecule has 35 heavy (non-hydrogen) atoms. The first-order valence-corrected chi connectivity index (χ1v) is 11.6. The molecule has 1 saturated heterocycles. The maximum absolute atomic E-state index is 13.6. The van der Waals surface area contributed by atoms with Gasteiger partial charge >= 0.3 is 0 Å². The molecule has 0 saturated carbocycles. The first-order valence-electron chi connectivity index (χ1n) is 11.6. The van der Waals surface area contributed by atoms with Gasteiger partial charge in [0, 0.05) is 36.1 Å². The molecule has 6 rings (SSSR count). The van der Waals surface area contributed by atoms with Crippen molar-refractivity contribution in [3.8, 4) is 23.0 Å². The normalized spacial score (nSPS) is 15.4. The molecule has 0 spiro atoms. The molecule has 2 amide bonds. The molecule has 2 aliphatic rings. The van der Waals surface area contributed by atoms with Gasteiger partial charge in [0.1, 0.15) is 5.69 Å². The van der Waals surface area contributed by atoms with Crippen molar-refractivity contribution in [2.75, 3.05) is 25.2 Å². The van der Waals surface area contributed by atoms with Crippen LogP contribution in [0.1, 0.15) is 23.2 Å². The number of furan rings is 1. The Morgan fingerprint density at radius 2 is 1.77 bits per heavy atom. The number of nitrogens with zero attached hydrogens (tertiary/aromatic N) is 2. The molecule has 1 N–H and O–H groups in total. The quantitative estimate of drug-likeness (QED) is 0.465. The molecule has 1 fully saturated rings. The average molecular weight is 469 g/mol. The second-order valence-electron chi connectivity index (χ2n) is 8.67. The minimum atomic E-state index is -0.169. The Bertz CT molecular complexity index is 1410. The summed E-state index contributed by atoms with van der Waals surface area (Å²) in [5.41, 5.74) is 2.62. The van der Waals surface area contributed by atoms with Crippen LogP contribution in [-0.4, -0.2) is 41.6 Å². The molecule has 2 aromatic heterocycles. The fourth-order valence-electron chi connectivity index (χ4n) is 4.64. The second kappa shape index (κ2) is 8.79. The highest BCUT2D eigenvalue weighted by Gasteiger charge is 2.29. The van der Waals surface area contributed by atoms with Crippen LogP contribution in [0.25, 0.3) is 22.4 Å². The first kappa shape index (κ1) is 21.2. The summed E-state index contributed by atoms with van der Waals surface area (Å²) in [5.74, 6) is 1.63. The van der Waals surface area contributed by atoms with Crippen molar-refractivity contribution < 1.29 is 23.5 Å². The minimum Gasteiger partial charge on any atom is -0.463 e. The third kappa shape index (κ3) is 4.07. The summed E-state index contributed by atoms with van der Waals surface area (Å²) in [6, 6.07) is 18.4. The van der Waals surface area contributed by atoms with Crippen LogP contribution in [-0.2, 0) is 4.79 Å². The van der Waals surface area contributed by atoms with Crippen molar-refractivity contribution in [3.05, 3.63) is 72.5 Å². The molecule has 176 valence electrons. The van der Waals surface area contributed by atoms with Gasteiger partial charge in [-0.05, 0) is 49.2 Å². The molecule has 2 aromatic carbocycles. The van der Waals surface area contributed by atoms with Gasteiger partial charge in [0.25, 0.3) is 5.91 Å². The van der Waals surface area contributed by atoms with Crippen molar-refractivity contribution in [2.45, 2.75) is 12.8 Å². The summed E-state index contributed by atoms with van der Waals surface area (Å²) in [5, 5.41) is 3.77.